The molecule has 1 amide bonds. The second-order valence-electron chi connectivity index (χ2n) is 5.21. The van der Waals surface area contributed by atoms with Crippen LogP contribution in [0.15, 0.2) is 28.7 Å². The molecule has 2 atom stereocenters. The Morgan fingerprint density at radius 1 is 1.50 bits per heavy atom. The van der Waals surface area contributed by atoms with Gasteiger partial charge in [0, 0.05) is 23.6 Å². The Bertz CT molecular complexity index is 426. The molecule has 2 unspecified atom stereocenters. The summed E-state index contributed by atoms with van der Waals surface area (Å²) in [4.78, 5) is 14.1. The molecule has 0 bridgehead atoms. The zero-order valence-electron chi connectivity index (χ0n) is 10.6. The molecule has 1 saturated heterocycles. The maximum absolute atomic E-state index is 12.2. The third kappa shape index (κ3) is 3.56. The van der Waals surface area contributed by atoms with Crippen molar-refractivity contribution in [3.05, 3.63) is 34.3 Å². The highest BCUT2D eigenvalue weighted by Gasteiger charge is 2.25. The Morgan fingerprint density at radius 3 is 2.94 bits per heavy atom. The first-order valence-electron chi connectivity index (χ1n) is 6.32. The highest BCUT2D eigenvalue weighted by molar-refractivity contribution is 9.10. The molecule has 3 nitrogen and oxygen atoms in total. The summed E-state index contributed by atoms with van der Waals surface area (Å²) >= 11 is 3.42. The summed E-state index contributed by atoms with van der Waals surface area (Å²) in [6, 6.07) is 8.02. The highest BCUT2D eigenvalue weighted by atomic mass is 79.9. The number of likely N-dealkylation sites (tertiary alicyclic amines) is 1. The van der Waals surface area contributed by atoms with Crippen LogP contribution in [0.4, 0.5) is 0 Å². The lowest BCUT2D eigenvalue weighted by atomic mass is 9.96. The van der Waals surface area contributed by atoms with Crippen LogP contribution in [0.25, 0.3) is 0 Å². The summed E-state index contributed by atoms with van der Waals surface area (Å²) < 4.78 is 1.01. The van der Waals surface area contributed by atoms with Crippen molar-refractivity contribution in [3.63, 3.8) is 0 Å². The smallest absolute Gasteiger partial charge is 0.227 e. The molecule has 1 aliphatic rings. The minimum atomic E-state index is 0.125. The first-order chi connectivity index (χ1) is 8.54. The molecular formula is C14H19BrN2O. The highest BCUT2D eigenvalue weighted by Crippen LogP contribution is 2.17. The van der Waals surface area contributed by atoms with Gasteiger partial charge in [0.25, 0.3) is 0 Å². The van der Waals surface area contributed by atoms with Gasteiger partial charge in [0.1, 0.15) is 0 Å². The first kappa shape index (κ1) is 13.6. The molecule has 0 aromatic heterocycles. The van der Waals surface area contributed by atoms with E-state index < -0.39 is 0 Å². The lowest BCUT2D eigenvalue weighted by Gasteiger charge is -2.34. The number of hydrogen-bond donors (Lipinski definition) is 1. The van der Waals surface area contributed by atoms with Gasteiger partial charge in [0.2, 0.25) is 5.91 Å². The molecule has 1 aromatic carbocycles. The van der Waals surface area contributed by atoms with E-state index in [2.05, 4.69) is 22.9 Å². The van der Waals surface area contributed by atoms with E-state index in [0.29, 0.717) is 18.9 Å². The van der Waals surface area contributed by atoms with Crippen LogP contribution in [0, 0.1) is 5.92 Å². The van der Waals surface area contributed by atoms with Crippen molar-refractivity contribution in [1.82, 2.24) is 4.90 Å². The van der Waals surface area contributed by atoms with Crippen molar-refractivity contribution in [1.29, 1.82) is 0 Å². The number of benzene rings is 1. The van der Waals surface area contributed by atoms with E-state index in [-0.39, 0.29) is 11.9 Å². The van der Waals surface area contributed by atoms with Crippen molar-refractivity contribution >= 4 is 21.8 Å². The van der Waals surface area contributed by atoms with E-state index >= 15 is 0 Å². The Kier molecular flexibility index (Phi) is 4.40. The second-order valence-corrected chi connectivity index (χ2v) is 6.12. The summed E-state index contributed by atoms with van der Waals surface area (Å²) in [5.41, 5.74) is 7.01. The predicted octanol–water partition coefficient (Wildman–Crippen LogP) is 2.19. The van der Waals surface area contributed by atoms with Crippen LogP contribution in [0.3, 0.4) is 0 Å². The molecule has 1 fully saturated rings. The van der Waals surface area contributed by atoms with E-state index in [9.17, 15) is 4.79 Å². The zero-order valence-corrected chi connectivity index (χ0v) is 12.2. The van der Waals surface area contributed by atoms with Crippen LogP contribution in [0.2, 0.25) is 0 Å². The fourth-order valence-corrected chi connectivity index (χ4v) is 2.98. The Balaban J connectivity index is 1.99. The Morgan fingerprint density at radius 2 is 2.28 bits per heavy atom. The van der Waals surface area contributed by atoms with Gasteiger partial charge in [0.05, 0.1) is 6.42 Å². The van der Waals surface area contributed by atoms with Gasteiger partial charge in [-0.1, -0.05) is 35.0 Å². The van der Waals surface area contributed by atoms with Gasteiger partial charge in [-0.2, -0.15) is 0 Å². The van der Waals surface area contributed by atoms with Gasteiger partial charge in [-0.05, 0) is 30.0 Å². The normalized spacial score (nSPS) is 24.1. The average molecular weight is 311 g/mol. The Hall–Kier alpha value is -0.870. The van der Waals surface area contributed by atoms with Crippen LogP contribution in [0.1, 0.15) is 18.9 Å². The SMILES string of the molecule is CC1CC(N)CN(C(=O)Cc2cccc(Br)c2)C1. The van der Waals surface area contributed by atoms with Gasteiger partial charge >= 0.3 is 0 Å². The van der Waals surface area contributed by atoms with E-state index in [1.807, 2.05) is 29.2 Å². The number of rotatable bonds is 2. The molecule has 18 heavy (non-hydrogen) atoms. The molecule has 0 radical (unpaired) electrons. The molecule has 2 rings (SSSR count). The lowest BCUT2D eigenvalue weighted by Crippen LogP contribution is -2.49. The van der Waals surface area contributed by atoms with Crippen molar-refractivity contribution in [2.24, 2.45) is 11.7 Å². The summed E-state index contributed by atoms with van der Waals surface area (Å²) in [6.45, 7) is 3.68. The average Bonchev–Trinajstić information content (AvgIpc) is 2.27. The fourth-order valence-electron chi connectivity index (χ4n) is 2.54. The quantitative estimate of drug-likeness (QED) is 0.910. The van der Waals surface area contributed by atoms with Crippen molar-refractivity contribution < 1.29 is 4.79 Å². The molecule has 2 N–H and O–H groups in total. The standard InChI is InChI=1S/C14H19BrN2O/c1-10-5-13(16)9-17(8-10)14(18)7-11-3-2-4-12(15)6-11/h2-4,6,10,13H,5,7-9,16H2,1H3. The molecule has 0 aliphatic carbocycles. The molecule has 0 spiro atoms. The lowest BCUT2D eigenvalue weighted by molar-refractivity contribution is -0.132. The monoisotopic (exact) mass is 310 g/mol. The van der Waals surface area contributed by atoms with Crippen LogP contribution in [0.5, 0.6) is 0 Å². The van der Waals surface area contributed by atoms with E-state index in [1.165, 1.54) is 0 Å². The number of carbonyl (C=O) groups is 1. The van der Waals surface area contributed by atoms with Crippen molar-refractivity contribution in [2.75, 3.05) is 13.1 Å². The number of piperidine rings is 1. The topological polar surface area (TPSA) is 46.3 Å². The number of carbonyl (C=O) groups excluding carboxylic acids is 1. The molecule has 1 aromatic rings. The van der Waals surface area contributed by atoms with E-state index in [4.69, 9.17) is 5.73 Å². The van der Waals surface area contributed by atoms with Gasteiger partial charge in [-0.15, -0.1) is 0 Å². The maximum atomic E-state index is 12.2. The van der Waals surface area contributed by atoms with Gasteiger partial charge < -0.3 is 10.6 Å². The number of halogens is 1. The van der Waals surface area contributed by atoms with Crippen LogP contribution in [-0.4, -0.2) is 29.9 Å². The second kappa shape index (κ2) is 5.85. The van der Waals surface area contributed by atoms with Gasteiger partial charge in [0.15, 0.2) is 0 Å². The molecule has 98 valence electrons. The number of hydrogen-bond acceptors (Lipinski definition) is 2. The summed E-state index contributed by atoms with van der Waals surface area (Å²) in [7, 11) is 0. The number of nitrogens with two attached hydrogens (primary N) is 1. The molecule has 1 aliphatic heterocycles. The minimum absolute atomic E-state index is 0.125. The molecule has 1 heterocycles. The zero-order chi connectivity index (χ0) is 13.1. The molecular weight excluding hydrogens is 292 g/mol. The minimum Gasteiger partial charge on any atom is -0.341 e. The summed E-state index contributed by atoms with van der Waals surface area (Å²) in [5.74, 6) is 0.676. The molecule has 4 heteroatoms. The third-order valence-corrected chi connectivity index (χ3v) is 3.78. The Labute approximate surface area is 116 Å². The van der Waals surface area contributed by atoms with E-state index in [1.54, 1.807) is 0 Å². The van der Waals surface area contributed by atoms with Crippen molar-refractivity contribution in [2.45, 2.75) is 25.8 Å². The largest absolute Gasteiger partial charge is 0.341 e. The van der Waals surface area contributed by atoms with Crippen LogP contribution in [-0.2, 0) is 11.2 Å². The van der Waals surface area contributed by atoms with Crippen LogP contribution >= 0.6 is 15.9 Å². The van der Waals surface area contributed by atoms with Crippen molar-refractivity contribution in [3.8, 4) is 0 Å². The predicted molar refractivity (Wildman–Crippen MR) is 76.2 cm³/mol. The first-order valence-corrected chi connectivity index (χ1v) is 7.11. The van der Waals surface area contributed by atoms with Gasteiger partial charge in [-0.3, -0.25) is 4.79 Å². The number of nitrogens with zero attached hydrogens (tertiary/aromatic N) is 1. The summed E-state index contributed by atoms with van der Waals surface area (Å²) in [5, 5.41) is 0. The van der Waals surface area contributed by atoms with Gasteiger partial charge in [-0.25, -0.2) is 0 Å². The maximum Gasteiger partial charge on any atom is 0.227 e. The third-order valence-electron chi connectivity index (χ3n) is 3.29. The molecule has 0 saturated carbocycles. The van der Waals surface area contributed by atoms with Crippen LogP contribution < -0.4 is 5.73 Å². The fraction of sp³-hybridized carbons (Fsp3) is 0.500. The number of amides is 1. The summed E-state index contributed by atoms with van der Waals surface area (Å²) in [6.07, 6.45) is 1.47. The van der Waals surface area contributed by atoms with E-state index in [0.717, 1.165) is 23.0 Å².